The fourth-order valence-electron chi connectivity index (χ4n) is 3.83. The summed E-state index contributed by atoms with van der Waals surface area (Å²) in [6.07, 6.45) is 5.30. The molecule has 1 aromatic heterocycles. The van der Waals surface area contributed by atoms with Gasteiger partial charge in [-0.15, -0.1) is 0 Å². The molecule has 0 amide bonds. The van der Waals surface area contributed by atoms with Gasteiger partial charge < -0.3 is 5.32 Å². The highest BCUT2D eigenvalue weighted by Crippen LogP contribution is 2.23. The fourth-order valence-corrected chi connectivity index (χ4v) is 5.61. The van der Waals surface area contributed by atoms with E-state index in [1.807, 2.05) is 27.7 Å². The summed E-state index contributed by atoms with van der Waals surface area (Å²) in [6.45, 7) is 15.1. The molecular formula is C20H36N4O2S. The Bertz CT molecular complexity index is 685. The van der Waals surface area contributed by atoms with E-state index >= 15 is 0 Å². The second-order valence-corrected chi connectivity index (χ2v) is 10.5. The van der Waals surface area contributed by atoms with Crippen LogP contribution in [0.4, 0.5) is 5.82 Å². The number of sulfonamides is 1. The molecule has 0 aromatic carbocycles. The third-order valence-electron chi connectivity index (χ3n) is 5.24. The van der Waals surface area contributed by atoms with Crippen LogP contribution in [0.2, 0.25) is 0 Å². The Morgan fingerprint density at radius 1 is 1.11 bits per heavy atom. The summed E-state index contributed by atoms with van der Waals surface area (Å²) in [4.78, 5) is 7.12. The molecule has 154 valence electrons. The van der Waals surface area contributed by atoms with Crippen molar-refractivity contribution in [3.8, 4) is 0 Å². The van der Waals surface area contributed by atoms with Crippen molar-refractivity contribution >= 4 is 15.8 Å². The predicted octanol–water partition coefficient (Wildman–Crippen LogP) is 3.57. The molecule has 0 bridgehead atoms. The van der Waals surface area contributed by atoms with E-state index in [-0.39, 0.29) is 22.5 Å². The van der Waals surface area contributed by atoms with Gasteiger partial charge in [0.2, 0.25) is 10.0 Å². The summed E-state index contributed by atoms with van der Waals surface area (Å²) in [6, 6.07) is 3.21. The summed E-state index contributed by atoms with van der Waals surface area (Å²) < 4.78 is 27.3. The molecule has 0 aliphatic carbocycles. The van der Waals surface area contributed by atoms with Crippen molar-refractivity contribution in [2.45, 2.75) is 83.3 Å². The molecule has 1 aliphatic heterocycles. The SMILES string of the molecule is CC(C)N(C(C)C)S(=O)(=O)c1ccc(NCC(C)(C)N2CCCCC2)nc1. The molecule has 27 heavy (non-hydrogen) atoms. The first-order valence-corrected chi connectivity index (χ1v) is 11.5. The second kappa shape index (κ2) is 8.88. The molecule has 1 aromatic rings. The number of anilines is 1. The van der Waals surface area contributed by atoms with E-state index in [4.69, 9.17) is 0 Å². The maximum absolute atomic E-state index is 12.9. The van der Waals surface area contributed by atoms with E-state index in [1.165, 1.54) is 29.8 Å². The first-order chi connectivity index (χ1) is 12.6. The first-order valence-electron chi connectivity index (χ1n) is 10.0. The number of aromatic nitrogens is 1. The minimum Gasteiger partial charge on any atom is -0.368 e. The zero-order valence-electron chi connectivity index (χ0n) is 17.7. The van der Waals surface area contributed by atoms with Crippen LogP contribution in [0.1, 0.15) is 60.8 Å². The van der Waals surface area contributed by atoms with Gasteiger partial charge in [0.1, 0.15) is 10.7 Å². The molecule has 0 radical (unpaired) electrons. The van der Waals surface area contributed by atoms with E-state index in [2.05, 4.69) is 29.0 Å². The summed E-state index contributed by atoms with van der Waals surface area (Å²) in [5.41, 5.74) is 0.0406. The van der Waals surface area contributed by atoms with Gasteiger partial charge in [0.15, 0.2) is 0 Å². The molecule has 0 spiro atoms. The van der Waals surface area contributed by atoms with Gasteiger partial charge in [0.05, 0.1) is 0 Å². The maximum Gasteiger partial charge on any atom is 0.245 e. The van der Waals surface area contributed by atoms with Gasteiger partial charge in [-0.1, -0.05) is 6.42 Å². The molecule has 1 fully saturated rings. The molecule has 2 heterocycles. The highest BCUT2D eigenvalue weighted by molar-refractivity contribution is 7.89. The molecule has 1 saturated heterocycles. The lowest BCUT2D eigenvalue weighted by Gasteiger charge is -2.41. The van der Waals surface area contributed by atoms with E-state index < -0.39 is 10.0 Å². The van der Waals surface area contributed by atoms with Crippen LogP contribution in [-0.2, 0) is 10.0 Å². The van der Waals surface area contributed by atoms with Crippen molar-refractivity contribution in [1.82, 2.24) is 14.2 Å². The fraction of sp³-hybridized carbons (Fsp3) is 0.750. The molecule has 6 nitrogen and oxygen atoms in total. The molecule has 7 heteroatoms. The third kappa shape index (κ3) is 5.42. The van der Waals surface area contributed by atoms with Crippen molar-refractivity contribution < 1.29 is 8.42 Å². The van der Waals surface area contributed by atoms with Crippen LogP contribution in [-0.4, -0.2) is 59.9 Å². The molecule has 0 unspecified atom stereocenters. The van der Waals surface area contributed by atoms with E-state index in [9.17, 15) is 8.42 Å². The summed E-state index contributed by atoms with van der Waals surface area (Å²) in [7, 11) is -3.54. The highest BCUT2D eigenvalue weighted by Gasteiger charge is 2.30. The third-order valence-corrected chi connectivity index (χ3v) is 7.48. The molecule has 0 atom stereocenters. The summed E-state index contributed by atoms with van der Waals surface area (Å²) >= 11 is 0. The van der Waals surface area contributed by atoms with Crippen LogP contribution in [0.15, 0.2) is 23.2 Å². The number of nitrogens with one attached hydrogen (secondary N) is 1. The number of likely N-dealkylation sites (tertiary alicyclic amines) is 1. The van der Waals surface area contributed by atoms with Gasteiger partial charge in [-0.05, 0) is 79.6 Å². The molecule has 1 N–H and O–H groups in total. The smallest absolute Gasteiger partial charge is 0.245 e. The lowest BCUT2D eigenvalue weighted by molar-refractivity contribution is 0.105. The summed E-state index contributed by atoms with van der Waals surface area (Å²) in [5, 5.41) is 3.37. The van der Waals surface area contributed by atoms with E-state index in [0.717, 1.165) is 19.6 Å². The van der Waals surface area contributed by atoms with E-state index in [0.29, 0.717) is 5.82 Å². The zero-order chi connectivity index (χ0) is 20.2. The average molecular weight is 397 g/mol. The monoisotopic (exact) mass is 396 g/mol. The molecular weight excluding hydrogens is 360 g/mol. The molecule has 1 aliphatic rings. The van der Waals surface area contributed by atoms with Gasteiger partial charge in [-0.25, -0.2) is 13.4 Å². The number of hydrogen-bond donors (Lipinski definition) is 1. The predicted molar refractivity (Wildman–Crippen MR) is 112 cm³/mol. The Morgan fingerprint density at radius 3 is 2.19 bits per heavy atom. The number of piperidine rings is 1. The minimum absolute atomic E-state index is 0.0406. The van der Waals surface area contributed by atoms with Crippen molar-refractivity contribution in [3.05, 3.63) is 18.3 Å². The largest absolute Gasteiger partial charge is 0.368 e. The Morgan fingerprint density at radius 2 is 1.70 bits per heavy atom. The lowest BCUT2D eigenvalue weighted by atomic mass is 9.98. The van der Waals surface area contributed by atoms with Crippen LogP contribution in [0, 0.1) is 0 Å². The molecule has 0 saturated carbocycles. The average Bonchev–Trinajstić information content (AvgIpc) is 2.60. The van der Waals surface area contributed by atoms with Gasteiger partial charge in [-0.3, -0.25) is 4.90 Å². The summed E-state index contributed by atoms with van der Waals surface area (Å²) in [5.74, 6) is 0.708. The quantitative estimate of drug-likeness (QED) is 0.728. The van der Waals surface area contributed by atoms with Crippen LogP contribution in [0.5, 0.6) is 0 Å². The Hall–Kier alpha value is -1.18. The minimum atomic E-state index is -3.54. The topological polar surface area (TPSA) is 65.5 Å². The lowest BCUT2D eigenvalue weighted by Crippen LogP contribution is -2.50. The van der Waals surface area contributed by atoms with Crippen molar-refractivity contribution in [3.63, 3.8) is 0 Å². The normalized spacial score (nSPS) is 17.1. The highest BCUT2D eigenvalue weighted by atomic mass is 32.2. The maximum atomic E-state index is 12.9. The van der Waals surface area contributed by atoms with Crippen molar-refractivity contribution in [2.24, 2.45) is 0 Å². The van der Waals surface area contributed by atoms with Gasteiger partial charge in [0.25, 0.3) is 0 Å². The van der Waals surface area contributed by atoms with Crippen LogP contribution < -0.4 is 5.32 Å². The van der Waals surface area contributed by atoms with Crippen LogP contribution >= 0.6 is 0 Å². The van der Waals surface area contributed by atoms with Gasteiger partial charge >= 0.3 is 0 Å². The first kappa shape index (κ1) is 22.1. The zero-order valence-corrected chi connectivity index (χ0v) is 18.5. The Labute approximate surface area is 165 Å². The van der Waals surface area contributed by atoms with Gasteiger partial charge in [0, 0.05) is 30.4 Å². The second-order valence-electron chi connectivity index (χ2n) is 8.62. The number of pyridine rings is 1. The standard InChI is InChI=1S/C20H36N4O2S/c1-16(2)24(17(3)4)27(25,26)18-10-11-19(21-14-18)22-15-20(5,6)23-12-8-7-9-13-23/h10-11,14,16-17H,7-9,12-13,15H2,1-6H3,(H,21,22). The van der Waals surface area contributed by atoms with Gasteiger partial charge in [-0.2, -0.15) is 4.31 Å². The van der Waals surface area contributed by atoms with Crippen LogP contribution in [0.25, 0.3) is 0 Å². The molecule has 2 rings (SSSR count). The van der Waals surface area contributed by atoms with Crippen molar-refractivity contribution in [2.75, 3.05) is 25.0 Å². The van der Waals surface area contributed by atoms with Crippen molar-refractivity contribution in [1.29, 1.82) is 0 Å². The van der Waals surface area contributed by atoms with Crippen LogP contribution in [0.3, 0.4) is 0 Å². The Balaban J connectivity index is 2.06. The number of rotatable bonds is 8. The number of hydrogen-bond acceptors (Lipinski definition) is 5. The Kier molecular flexibility index (Phi) is 7.27. The van der Waals surface area contributed by atoms with E-state index in [1.54, 1.807) is 12.1 Å². The number of nitrogens with zero attached hydrogens (tertiary/aromatic N) is 3.